The second kappa shape index (κ2) is 26.5. The summed E-state index contributed by atoms with van der Waals surface area (Å²) in [5.74, 6) is 0. The largest absolute Gasteiger partial charge is 0.310 e. The molecular weight excluding hydrogens is 1330 g/mol. The molecule has 0 bridgehead atoms. The Labute approximate surface area is 670 Å². The Morgan fingerprint density at radius 2 is 0.664 bits per heavy atom. The first-order chi connectivity index (χ1) is 56.2. The fourth-order valence-electron chi connectivity index (χ4n) is 17.1. The molecule has 0 fully saturated rings. The number of fused-ring (bicyclic) bond motifs is 7. The van der Waals surface area contributed by atoms with E-state index in [9.17, 15) is 11.0 Å². The molecule has 0 radical (unpaired) electrons. The van der Waals surface area contributed by atoms with E-state index in [4.69, 9.17) is 2.74 Å². The van der Waals surface area contributed by atoms with Gasteiger partial charge in [-0.2, -0.15) is 0 Å². The third-order valence-electron chi connectivity index (χ3n) is 23.0. The molecule has 550 valence electrons. The van der Waals surface area contributed by atoms with Crippen LogP contribution in [0.3, 0.4) is 0 Å². The summed E-state index contributed by atoms with van der Waals surface area (Å²) in [6.45, 7) is 47.1. The van der Waals surface area contributed by atoms with E-state index in [1.54, 1.807) is 0 Å². The lowest BCUT2D eigenvalue weighted by molar-refractivity contribution is 0.569. The predicted molar refractivity (Wildman–Crippen MR) is 478 cm³/mol. The van der Waals surface area contributed by atoms with Crippen LogP contribution in [0.15, 0.2) is 273 Å². The number of hydrogen-bond acceptors (Lipinski definition) is 2. The number of nitrogens with zero attached hydrogens (tertiary/aromatic N) is 3. The molecule has 14 aromatic rings. The lowest BCUT2D eigenvalue weighted by Gasteiger charge is -2.46. The fourth-order valence-corrected chi connectivity index (χ4v) is 17.1. The van der Waals surface area contributed by atoms with Gasteiger partial charge in [0, 0.05) is 55.8 Å². The first-order valence-electron chi connectivity index (χ1n) is 44.2. The van der Waals surface area contributed by atoms with Crippen LogP contribution in [0.4, 0.5) is 34.1 Å². The van der Waals surface area contributed by atoms with E-state index in [1.165, 1.54) is 22.3 Å². The van der Waals surface area contributed by atoms with Crippen LogP contribution in [0.2, 0.25) is 0 Å². The van der Waals surface area contributed by atoms with Crippen LogP contribution in [0.1, 0.15) is 198 Å². The minimum atomic E-state index is -0.677. The average molecular weight is 1440 g/mol. The van der Waals surface area contributed by atoms with Gasteiger partial charge in [0.25, 0.3) is 6.71 Å². The molecule has 3 heterocycles. The highest BCUT2D eigenvalue weighted by Gasteiger charge is 2.47. The Morgan fingerprint density at radius 1 is 0.273 bits per heavy atom. The number of hydrogen-bond donors (Lipinski definition) is 0. The second-order valence-corrected chi connectivity index (χ2v) is 37.9. The smallest absolute Gasteiger partial charge is 0.252 e. The molecule has 0 saturated carbocycles. The molecule has 2 aliphatic rings. The van der Waals surface area contributed by atoms with Gasteiger partial charge in [-0.25, -0.2) is 0 Å². The Morgan fingerprint density at radius 3 is 1.12 bits per heavy atom. The van der Waals surface area contributed by atoms with Crippen LogP contribution < -0.4 is 26.2 Å². The van der Waals surface area contributed by atoms with Gasteiger partial charge in [-0.05, 0) is 186 Å². The van der Waals surface area contributed by atoms with Crippen LogP contribution >= 0.6 is 0 Å². The molecule has 0 unspecified atom stereocenters. The fraction of sp³-hybridized carbons (Fsp3) is 0.264. The van der Waals surface area contributed by atoms with Crippen molar-refractivity contribution >= 4 is 79.0 Å². The summed E-state index contributed by atoms with van der Waals surface area (Å²) >= 11 is 0. The topological polar surface area (TPSA) is 11.4 Å². The summed E-state index contributed by atoms with van der Waals surface area (Å²) in [5.41, 5.74) is 25.0. The summed E-state index contributed by atoms with van der Waals surface area (Å²) in [6.07, 6.45) is 0. The van der Waals surface area contributed by atoms with Gasteiger partial charge < -0.3 is 14.4 Å². The van der Waals surface area contributed by atoms with Crippen LogP contribution in [0.25, 0.3) is 94.3 Å². The molecule has 0 atom stereocenters. The summed E-state index contributed by atoms with van der Waals surface area (Å²) < 4.78 is 97.0. The van der Waals surface area contributed by atoms with Crippen molar-refractivity contribution in [1.29, 1.82) is 0 Å². The van der Waals surface area contributed by atoms with Crippen molar-refractivity contribution in [2.75, 3.05) is 9.80 Å². The zero-order chi connectivity index (χ0) is 86.4. The Balaban J connectivity index is 1.19. The van der Waals surface area contributed by atoms with E-state index in [2.05, 4.69) is 360 Å². The Bertz CT molecular complexity index is 6420. The number of anilines is 6. The maximum atomic E-state index is 9.85. The SMILES string of the molecule is [2H]c1c([2H])c([2H])c(-c2ccc3c(c2)N(c2c(-c4ccc(C(C)(C)C)cc4)cccc2-c2ccc(C(C)(C)C)cc2C(C)(C)C)c2cc(-n4c5ccc(C(C)(C)C)cc5c5cc(C(C)(C)C)ccc54)cc4c2B3c2ccc(-c3c([2H])c([2H])c([2H])c([2H])c3[2H])cc2N4c2c(-c3ccccc3)cccc2-c2c(C(C)(C)C)cccc2C(C)(C)C)c([2H])c1[2H]. The maximum absolute atomic E-state index is 9.85. The predicted octanol–water partition coefficient (Wildman–Crippen LogP) is 28.0. The molecular formula is C106H108BN3. The van der Waals surface area contributed by atoms with Gasteiger partial charge in [-0.3, -0.25) is 0 Å². The van der Waals surface area contributed by atoms with Gasteiger partial charge in [0.05, 0.1) is 41.8 Å². The number of aromatic nitrogens is 1. The highest BCUT2D eigenvalue weighted by atomic mass is 15.2. The summed E-state index contributed by atoms with van der Waals surface area (Å²) in [7, 11) is 0. The lowest BCUT2D eigenvalue weighted by Crippen LogP contribution is -2.61. The maximum Gasteiger partial charge on any atom is 0.252 e. The summed E-state index contributed by atoms with van der Waals surface area (Å²) in [4.78, 5) is 4.93. The molecule has 4 heteroatoms. The molecule has 0 amide bonds. The lowest BCUT2D eigenvalue weighted by atomic mass is 9.33. The number of para-hydroxylation sites is 2. The zero-order valence-electron chi connectivity index (χ0n) is 78.1. The number of benzene rings is 13. The van der Waals surface area contributed by atoms with E-state index >= 15 is 0 Å². The van der Waals surface area contributed by atoms with E-state index in [1.807, 2.05) is 12.1 Å². The van der Waals surface area contributed by atoms with Gasteiger partial charge in [0.2, 0.25) is 0 Å². The average Bonchev–Trinajstić information content (AvgIpc) is 0.810. The van der Waals surface area contributed by atoms with E-state index in [0.717, 1.165) is 128 Å². The zero-order valence-corrected chi connectivity index (χ0v) is 68.1. The molecule has 0 aliphatic carbocycles. The van der Waals surface area contributed by atoms with Crippen LogP contribution in [0, 0.1) is 0 Å². The standard InChI is InChI=1S/C106H108BN3/c1-100(2,3)73-50-46-70(47-51-73)79-40-31-42-81(80-55-52-76(103(10,11)12)64-87(80)106(19,20)21)98(79)109-92-60-71(67-34-25-22-26-35-67)48-56-88(92)107-89-57-49-72(68-36-27-23-28-37-68)61-93(89)110(99-78(69-38-29-24-30-39-69)41-32-43-82(99)96-85(104(13,14)15)44-33-45-86(96)105(16,17)18)95-66-77(65-94(109)97(95)107)108-90-58-53-74(101(4,5)6)62-83(90)84-63-75(102(7,8)9)54-59-91(84)108/h22-66H,1-21H3/i22D,23D,25D,26D,27D,28D,34D,35D,36D,37D. The molecule has 1 aromatic heterocycles. The van der Waals surface area contributed by atoms with Crippen LogP contribution in [0.5, 0.6) is 0 Å². The monoisotopic (exact) mass is 1440 g/mol. The normalized spacial score (nSPS) is 14.7. The van der Waals surface area contributed by atoms with Crippen LogP contribution in [-0.4, -0.2) is 11.3 Å². The Hall–Kier alpha value is -10.7. The van der Waals surface area contributed by atoms with E-state index < -0.39 is 59.2 Å². The van der Waals surface area contributed by atoms with Gasteiger partial charge in [0.15, 0.2) is 0 Å². The third kappa shape index (κ3) is 12.9. The van der Waals surface area contributed by atoms with Crippen molar-refractivity contribution in [1.82, 2.24) is 4.57 Å². The second-order valence-electron chi connectivity index (χ2n) is 37.9. The van der Waals surface area contributed by atoms with Gasteiger partial charge in [-0.1, -0.05) is 370 Å². The molecule has 0 N–H and O–H groups in total. The van der Waals surface area contributed by atoms with Gasteiger partial charge >= 0.3 is 0 Å². The quantitative estimate of drug-likeness (QED) is 0.133. The molecule has 0 spiro atoms. The van der Waals surface area contributed by atoms with Crippen molar-refractivity contribution in [3.8, 4) is 72.4 Å². The molecule has 110 heavy (non-hydrogen) atoms. The van der Waals surface area contributed by atoms with Crippen molar-refractivity contribution in [3.05, 3.63) is 312 Å². The molecule has 13 aromatic carbocycles. The van der Waals surface area contributed by atoms with Gasteiger partial charge in [-0.15, -0.1) is 0 Å². The van der Waals surface area contributed by atoms with Crippen molar-refractivity contribution in [2.45, 2.75) is 183 Å². The van der Waals surface area contributed by atoms with E-state index in [0.29, 0.717) is 22.5 Å². The van der Waals surface area contributed by atoms with Crippen molar-refractivity contribution in [3.63, 3.8) is 0 Å². The van der Waals surface area contributed by atoms with Crippen molar-refractivity contribution in [2.24, 2.45) is 0 Å². The van der Waals surface area contributed by atoms with E-state index in [-0.39, 0.29) is 57.0 Å². The first kappa shape index (κ1) is 62.1. The highest BCUT2D eigenvalue weighted by molar-refractivity contribution is 7.00. The Kier molecular flexibility index (Phi) is 15.0. The van der Waals surface area contributed by atoms with Gasteiger partial charge in [0.1, 0.15) is 0 Å². The molecule has 16 rings (SSSR count). The molecule has 3 nitrogen and oxygen atoms in total. The van der Waals surface area contributed by atoms with Crippen molar-refractivity contribution < 1.29 is 13.7 Å². The minimum absolute atomic E-state index is 0.0614. The van der Waals surface area contributed by atoms with Crippen LogP contribution in [-0.2, 0) is 37.9 Å². The third-order valence-corrected chi connectivity index (χ3v) is 23.0. The molecule has 2 aliphatic heterocycles. The summed E-state index contributed by atoms with van der Waals surface area (Å²) in [6, 6.07) is 73.6. The molecule has 0 saturated heterocycles. The first-order valence-corrected chi connectivity index (χ1v) is 39.2. The summed E-state index contributed by atoms with van der Waals surface area (Å²) in [5, 5.41) is 2.18. The number of rotatable bonds is 9. The minimum Gasteiger partial charge on any atom is -0.310 e. The highest BCUT2D eigenvalue weighted by Crippen LogP contribution is 2.57.